The highest BCUT2D eigenvalue weighted by Crippen LogP contribution is 2.32. The van der Waals surface area contributed by atoms with Crippen molar-refractivity contribution in [2.45, 2.75) is 45.4 Å². The molecule has 0 radical (unpaired) electrons. The van der Waals surface area contributed by atoms with Crippen molar-refractivity contribution in [1.29, 1.82) is 0 Å². The Morgan fingerprint density at radius 2 is 1.67 bits per heavy atom. The van der Waals surface area contributed by atoms with Crippen molar-refractivity contribution >= 4 is 17.6 Å². The van der Waals surface area contributed by atoms with Gasteiger partial charge >= 0.3 is 17.9 Å². The summed E-state index contributed by atoms with van der Waals surface area (Å²) >= 11 is 0. The van der Waals surface area contributed by atoms with Crippen LogP contribution in [0, 0.1) is 10.1 Å². The molecule has 0 aliphatic carbocycles. The maximum absolute atomic E-state index is 12.3. The van der Waals surface area contributed by atoms with Crippen molar-refractivity contribution in [2.24, 2.45) is 0 Å². The van der Waals surface area contributed by atoms with Crippen molar-refractivity contribution in [2.75, 3.05) is 37.7 Å². The van der Waals surface area contributed by atoms with Gasteiger partial charge in [-0.25, -0.2) is 4.79 Å². The first-order valence-corrected chi connectivity index (χ1v) is 12.9. The summed E-state index contributed by atoms with van der Waals surface area (Å²) in [5.41, 5.74) is 2.13. The van der Waals surface area contributed by atoms with E-state index in [9.17, 15) is 14.9 Å². The molecule has 1 fully saturated rings. The lowest BCUT2D eigenvalue weighted by Crippen LogP contribution is -2.50. The molecule has 39 heavy (non-hydrogen) atoms. The molecule has 0 spiro atoms. The molecule has 1 amide bonds. The van der Waals surface area contributed by atoms with Crippen LogP contribution in [-0.2, 0) is 11.3 Å². The molecule has 1 aromatic heterocycles. The van der Waals surface area contributed by atoms with E-state index in [4.69, 9.17) is 14.2 Å². The van der Waals surface area contributed by atoms with Crippen LogP contribution >= 0.6 is 0 Å². The van der Waals surface area contributed by atoms with Gasteiger partial charge in [0.15, 0.2) is 5.60 Å². The van der Waals surface area contributed by atoms with Gasteiger partial charge in [-0.3, -0.25) is 4.57 Å². The first-order chi connectivity index (χ1) is 18.5. The van der Waals surface area contributed by atoms with Crippen molar-refractivity contribution in [1.82, 2.24) is 14.5 Å². The predicted molar refractivity (Wildman–Crippen MR) is 145 cm³/mol. The van der Waals surface area contributed by atoms with E-state index in [1.165, 1.54) is 6.20 Å². The number of carbonyl (C=O) groups excluding carboxylic acids is 1. The highest BCUT2D eigenvalue weighted by molar-refractivity contribution is 5.69. The molecule has 1 unspecified atom stereocenters. The van der Waals surface area contributed by atoms with Crippen LogP contribution in [0.25, 0.3) is 11.1 Å². The lowest BCUT2D eigenvalue weighted by atomic mass is 10.0. The van der Waals surface area contributed by atoms with Gasteiger partial charge in [0.1, 0.15) is 24.2 Å². The molecule has 11 heteroatoms. The number of anilines is 1. The summed E-state index contributed by atoms with van der Waals surface area (Å²) in [4.78, 5) is 30.6. The lowest BCUT2D eigenvalue weighted by molar-refractivity contribution is -0.389. The molecule has 2 aliphatic heterocycles. The Labute approximate surface area is 227 Å². The number of nitro groups is 1. The number of imidazole rings is 1. The van der Waals surface area contributed by atoms with Gasteiger partial charge < -0.3 is 34.1 Å². The normalized spacial score (nSPS) is 18.9. The second kappa shape index (κ2) is 10.1. The third kappa shape index (κ3) is 6.08. The summed E-state index contributed by atoms with van der Waals surface area (Å²) in [5, 5.41) is 10.9. The quantitative estimate of drug-likeness (QED) is 0.329. The highest BCUT2D eigenvalue weighted by atomic mass is 16.6. The minimum atomic E-state index is -0.662. The van der Waals surface area contributed by atoms with Gasteiger partial charge in [0.05, 0.1) is 6.54 Å². The fourth-order valence-electron chi connectivity index (χ4n) is 4.67. The molecule has 0 bridgehead atoms. The molecule has 5 rings (SSSR count). The number of ether oxygens (including phenoxy) is 3. The molecule has 1 atom stereocenters. The zero-order valence-electron chi connectivity index (χ0n) is 22.6. The molecule has 206 valence electrons. The van der Waals surface area contributed by atoms with E-state index >= 15 is 0 Å². The Morgan fingerprint density at radius 1 is 1.05 bits per heavy atom. The Morgan fingerprint density at radius 3 is 2.23 bits per heavy atom. The molecule has 3 aromatic rings. The average molecular weight is 536 g/mol. The van der Waals surface area contributed by atoms with Gasteiger partial charge in [-0.15, -0.1) is 0 Å². The molecule has 1 saturated heterocycles. The van der Waals surface area contributed by atoms with Crippen molar-refractivity contribution in [3.63, 3.8) is 0 Å². The van der Waals surface area contributed by atoms with E-state index in [1.54, 1.807) is 9.47 Å². The molecule has 2 aromatic carbocycles. The summed E-state index contributed by atoms with van der Waals surface area (Å²) in [6.45, 7) is 11.0. The van der Waals surface area contributed by atoms with Crippen LogP contribution in [-0.4, -0.2) is 69.5 Å². The van der Waals surface area contributed by atoms with Gasteiger partial charge in [-0.2, -0.15) is 0 Å². The van der Waals surface area contributed by atoms with Crippen LogP contribution in [0.15, 0.2) is 54.7 Å². The SMILES string of the molecule is CC(C)(C)OC(=O)N1CCN(c2ccc(-c3ccc(OCC4(C)Cn5cc([N+](=O)[O-])nc5O4)cc3)cc2)CC1. The molecule has 0 saturated carbocycles. The Hall–Kier alpha value is -4.28. The molecule has 3 heterocycles. The Kier molecular flexibility index (Phi) is 6.83. The van der Waals surface area contributed by atoms with Gasteiger partial charge in [-0.05, 0) is 68.0 Å². The summed E-state index contributed by atoms with van der Waals surface area (Å²) in [6.07, 6.45) is 1.12. The zero-order valence-corrected chi connectivity index (χ0v) is 22.6. The fourth-order valence-corrected chi connectivity index (χ4v) is 4.67. The molecule has 11 nitrogen and oxygen atoms in total. The number of rotatable bonds is 6. The third-order valence-electron chi connectivity index (χ3n) is 6.65. The van der Waals surface area contributed by atoms with Gasteiger partial charge in [0, 0.05) is 36.9 Å². The predicted octanol–water partition coefficient (Wildman–Crippen LogP) is 4.75. The van der Waals surface area contributed by atoms with E-state index in [0.717, 1.165) is 29.9 Å². The van der Waals surface area contributed by atoms with Gasteiger partial charge in [0.2, 0.25) is 0 Å². The Balaban J connectivity index is 1.12. The number of aromatic nitrogens is 2. The van der Waals surface area contributed by atoms with E-state index in [1.807, 2.05) is 52.0 Å². The van der Waals surface area contributed by atoms with E-state index in [-0.39, 0.29) is 24.5 Å². The topological polar surface area (TPSA) is 112 Å². The number of fused-ring (bicyclic) bond motifs is 1. The highest BCUT2D eigenvalue weighted by Gasteiger charge is 2.41. The minimum Gasteiger partial charge on any atom is -0.489 e. The molecular formula is C28H33N5O6. The number of benzene rings is 2. The second-order valence-electron chi connectivity index (χ2n) is 11.1. The van der Waals surface area contributed by atoms with Gasteiger partial charge in [0.25, 0.3) is 0 Å². The van der Waals surface area contributed by atoms with Crippen LogP contribution in [0.2, 0.25) is 0 Å². The number of piperazine rings is 1. The minimum absolute atomic E-state index is 0.225. The number of hydrogen-bond donors (Lipinski definition) is 0. The zero-order chi connectivity index (χ0) is 27.8. The summed E-state index contributed by atoms with van der Waals surface area (Å²) < 4.78 is 18.9. The largest absolute Gasteiger partial charge is 0.489 e. The standard InChI is InChI=1S/C28H33N5O6/c1-27(2,3)39-26(34)31-15-13-30(14-16-31)22-9-5-20(6-10-22)21-7-11-23(12-8-21)37-19-28(4)18-32-17-24(33(35)36)29-25(32)38-28/h5-12,17H,13-16,18-19H2,1-4H3. The summed E-state index contributed by atoms with van der Waals surface area (Å²) in [6, 6.07) is 16.5. The first-order valence-electron chi connectivity index (χ1n) is 12.9. The van der Waals surface area contributed by atoms with E-state index < -0.39 is 16.1 Å². The maximum Gasteiger partial charge on any atom is 0.415 e. The Bertz CT molecular complexity index is 1310. The number of carbonyl (C=O) groups is 1. The fraction of sp³-hybridized carbons (Fsp3) is 0.429. The van der Waals surface area contributed by atoms with Crippen LogP contribution in [0.1, 0.15) is 27.7 Å². The van der Waals surface area contributed by atoms with Crippen LogP contribution in [0.3, 0.4) is 0 Å². The second-order valence-corrected chi connectivity index (χ2v) is 11.1. The lowest BCUT2D eigenvalue weighted by Gasteiger charge is -2.36. The molecule has 0 N–H and O–H groups in total. The van der Waals surface area contributed by atoms with Crippen LogP contribution in [0.4, 0.5) is 16.3 Å². The number of hydrogen-bond acceptors (Lipinski definition) is 8. The van der Waals surface area contributed by atoms with E-state index in [0.29, 0.717) is 25.4 Å². The number of amides is 1. The average Bonchev–Trinajstić information content (AvgIpc) is 3.43. The molecule has 2 aliphatic rings. The van der Waals surface area contributed by atoms with Crippen LogP contribution in [0.5, 0.6) is 11.8 Å². The first kappa shape index (κ1) is 26.3. The van der Waals surface area contributed by atoms with Crippen molar-refractivity contribution < 1.29 is 23.9 Å². The summed E-state index contributed by atoms with van der Waals surface area (Å²) in [7, 11) is 0. The maximum atomic E-state index is 12.3. The summed E-state index contributed by atoms with van der Waals surface area (Å²) in [5.74, 6) is 0.482. The van der Waals surface area contributed by atoms with Crippen LogP contribution < -0.4 is 14.4 Å². The smallest absolute Gasteiger partial charge is 0.415 e. The third-order valence-corrected chi connectivity index (χ3v) is 6.65. The number of nitrogens with zero attached hydrogens (tertiary/aromatic N) is 5. The monoisotopic (exact) mass is 535 g/mol. The van der Waals surface area contributed by atoms with Crippen molar-refractivity contribution in [3.05, 3.63) is 64.8 Å². The van der Waals surface area contributed by atoms with Gasteiger partial charge in [-0.1, -0.05) is 24.3 Å². The van der Waals surface area contributed by atoms with Crippen molar-refractivity contribution in [3.8, 4) is 22.9 Å². The van der Waals surface area contributed by atoms with E-state index in [2.05, 4.69) is 34.1 Å². The molecular weight excluding hydrogens is 502 g/mol.